The first-order chi connectivity index (χ1) is 16.4. The maximum absolute atomic E-state index is 12.8. The van der Waals surface area contributed by atoms with Crippen LogP contribution in [-0.4, -0.2) is 67.2 Å². The van der Waals surface area contributed by atoms with Crippen LogP contribution in [0.25, 0.3) is 0 Å². The zero-order chi connectivity index (χ0) is 24.2. The van der Waals surface area contributed by atoms with E-state index in [2.05, 4.69) is 20.1 Å². The number of ether oxygens (including phenoxy) is 1. The summed E-state index contributed by atoms with van der Waals surface area (Å²) in [5.74, 6) is -1.42. The monoisotopic (exact) mass is 504 g/mol. The van der Waals surface area contributed by atoms with Crippen molar-refractivity contribution in [3.8, 4) is 0 Å². The number of hydrogen-bond acceptors (Lipinski definition) is 12. The first kappa shape index (κ1) is 23.3. The van der Waals surface area contributed by atoms with Crippen LogP contribution in [0, 0.1) is 10.1 Å². The topological polar surface area (TPSA) is 166 Å². The summed E-state index contributed by atoms with van der Waals surface area (Å²) in [6.45, 7) is -0.118. The van der Waals surface area contributed by atoms with E-state index in [1.54, 1.807) is 6.08 Å². The molecule has 2 aliphatic rings. The highest BCUT2D eigenvalue weighted by Gasteiger charge is 2.53. The minimum Gasteiger partial charge on any atom is -0.456 e. The molecule has 0 bridgehead atoms. The van der Waals surface area contributed by atoms with Gasteiger partial charge in [0.05, 0.1) is 4.92 Å². The molecule has 0 aliphatic carbocycles. The Kier molecular flexibility index (Phi) is 6.83. The maximum atomic E-state index is 12.8. The molecule has 2 amide bonds. The predicted octanol–water partition coefficient (Wildman–Crippen LogP) is 0.824. The molecule has 1 saturated heterocycles. The van der Waals surface area contributed by atoms with Gasteiger partial charge in [-0.3, -0.25) is 24.6 Å². The van der Waals surface area contributed by atoms with Crippen LogP contribution in [0.1, 0.15) is 11.3 Å². The van der Waals surface area contributed by atoms with Crippen LogP contribution in [0.15, 0.2) is 46.6 Å². The number of carbonyl (C=O) groups excluding carboxylic acids is 3. The number of benzene rings is 1. The van der Waals surface area contributed by atoms with Crippen molar-refractivity contribution in [2.24, 2.45) is 5.16 Å². The number of nitrogens with one attached hydrogen (secondary N) is 1. The average Bonchev–Trinajstić information content (AvgIpc) is 3.38. The van der Waals surface area contributed by atoms with Gasteiger partial charge in [-0.2, -0.15) is 0 Å². The zero-order valence-corrected chi connectivity index (χ0v) is 19.1. The van der Waals surface area contributed by atoms with Crippen molar-refractivity contribution in [2.45, 2.75) is 18.0 Å². The van der Waals surface area contributed by atoms with Gasteiger partial charge in [0.2, 0.25) is 0 Å². The summed E-state index contributed by atoms with van der Waals surface area (Å²) in [6.07, 6.45) is 1.58. The molecule has 34 heavy (non-hydrogen) atoms. The Bertz CT molecular complexity index is 1180. The number of esters is 1. The summed E-state index contributed by atoms with van der Waals surface area (Å²) in [5.41, 5.74) is 0.647. The quantitative estimate of drug-likeness (QED) is 0.179. The fourth-order valence-corrected chi connectivity index (χ4v) is 4.87. The van der Waals surface area contributed by atoms with Gasteiger partial charge >= 0.3 is 5.97 Å². The third-order valence-corrected chi connectivity index (χ3v) is 6.55. The molecule has 15 heteroatoms. The van der Waals surface area contributed by atoms with E-state index in [4.69, 9.17) is 9.57 Å². The first-order valence-corrected chi connectivity index (χ1v) is 11.5. The van der Waals surface area contributed by atoms with Crippen molar-refractivity contribution < 1.29 is 28.9 Å². The third-order valence-electron chi connectivity index (χ3n) is 4.86. The van der Waals surface area contributed by atoms with Gasteiger partial charge in [0.15, 0.2) is 5.71 Å². The van der Waals surface area contributed by atoms with Gasteiger partial charge in [0.25, 0.3) is 17.5 Å². The van der Waals surface area contributed by atoms with E-state index in [0.717, 1.165) is 11.5 Å². The molecular weight excluding hydrogens is 488 g/mol. The summed E-state index contributed by atoms with van der Waals surface area (Å²) >= 11 is 2.41. The van der Waals surface area contributed by atoms with Gasteiger partial charge < -0.3 is 14.9 Å². The van der Waals surface area contributed by atoms with Gasteiger partial charge in [-0.25, -0.2) is 4.79 Å². The number of fused-ring (bicyclic) bond motifs is 1. The molecule has 2 atom stereocenters. The number of nitro benzene ring substituents is 1. The number of amides is 2. The van der Waals surface area contributed by atoms with E-state index >= 15 is 0 Å². The van der Waals surface area contributed by atoms with Crippen molar-refractivity contribution in [1.82, 2.24) is 19.8 Å². The molecule has 1 unspecified atom stereocenters. The molecule has 1 N–H and O–H groups in total. The fourth-order valence-electron chi connectivity index (χ4n) is 3.24. The SMILES string of the molecule is CON=C(C(=O)NC1C(=O)N2C(C(=O)OCc3ccc([N+](=O)[O-])cc3)=CCS[C@H]12)c1csnn1. The lowest BCUT2D eigenvalue weighted by atomic mass is 10.0. The molecule has 2 aliphatic heterocycles. The van der Waals surface area contributed by atoms with Crippen LogP contribution >= 0.6 is 23.3 Å². The molecule has 4 rings (SSSR count). The van der Waals surface area contributed by atoms with Gasteiger partial charge in [-0.15, -0.1) is 16.9 Å². The molecule has 0 saturated carbocycles. The second kappa shape index (κ2) is 9.96. The molecule has 13 nitrogen and oxygen atoms in total. The number of oxime groups is 1. The lowest BCUT2D eigenvalue weighted by Gasteiger charge is -2.48. The fraction of sp³-hybridized carbons (Fsp3) is 0.263. The molecule has 3 heterocycles. The molecule has 1 aromatic carbocycles. The third kappa shape index (κ3) is 4.60. The minimum atomic E-state index is -0.877. The summed E-state index contributed by atoms with van der Waals surface area (Å²) in [6, 6.07) is 4.71. The van der Waals surface area contributed by atoms with Crippen LogP contribution in [0.5, 0.6) is 0 Å². The van der Waals surface area contributed by atoms with Crippen LogP contribution in [0.2, 0.25) is 0 Å². The predicted molar refractivity (Wildman–Crippen MR) is 119 cm³/mol. The number of nitrogens with zero attached hydrogens (tertiary/aromatic N) is 5. The summed E-state index contributed by atoms with van der Waals surface area (Å²) in [7, 11) is 1.28. The van der Waals surface area contributed by atoms with Crippen molar-refractivity contribution >= 4 is 52.5 Å². The molecular formula is C19H16N6O7S2. The van der Waals surface area contributed by atoms with Crippen LogP contribution in [0.3, 0.4) is 0 Å². The highest BCUT2D eigenvalue weighted by molar-refractivity contribution is 8.00. The van der Waals surface area contributed by atoms with E-state index in [-0.39, 0.29) is 29.4 Å². The Balaban J connectivity index is 1.38. The number of rotatable bonds is 8. The van der Waals surface area contributed by atoms with Gasteiger partial charge in [-0.1, -0.05) is 9.64 Å². The van der Waals surface area contributed by atoms with Crippen LogP contribution in [0.4, 0.5) is 5.69 Å². The van der Waals surface area contributed by atoms with Crippen LogP contribution < -0.4 is 5.32 Å². The van der Waals surface area contributed by atoms with E-state index in [9.17, 15) is 24.5 Å². The first-order valence-electron chi connectivity index (χ1n) is 9.65. The van der Waals surface area contributed by atoms with Gasteiger partial charge in [0.1, 0.15) is 36.5 Å². The van der Waals surface area contributed by atoms with E-state index in [0.29, 0.717) is 11.3 Å². The number of aromatic nitrogens is 2. The second-order valence-corrected chi connectivity index (χ2v) is 8.64. The molecule has 2 aromatic rings. The molecule has 0 radical (unpaired) electrons. The van der Waals surface area contributed by atoms with Crippen molar-refractivity contribution in [3.05, 3.63) is 62.8 Å². The zero-order valence-electron chi connectivity index (χ0n) is 17.4. The van der Waals surface area contributed by atoms with Crippen molar-refractivity contribution in [1.29, 1.82) is 0 Å². The number of thioether (sulfide) groups is 1. The lowest BCUT2D eigenvalue weighted by Crippen LogP contribution is -2.70. The van der Waals surface area contributed by atoms with Gasteiger partial charge in [0, 0.05) is 23.3 Å². The summed E-state index contributed by atoms with van der Waals surface area (Å²) in [5, 5.41) is 21.8. The lowest BCUT2D eigenvalue weighted by molar-refractivity contribution is -0.384. The Labute approximate surface area is 200 Å². The van der Waals surface area contributed by atoms with Gasteiger partial charge in [-0.05, 0) is 35.3 Å². The molecule has 1 aromatic heterocycles. The van der Waals surface area contributed by atoms with E-state index < -0.39 is 34.1 Å². The Hall–Kier alpha value is -3.85. The van der Waals surface area contributed by atoms with E-state index in [1.807, 2.05) is 0 Å². The van der Waals surface area contributed by atoms with Crippen molar-refractivity contribution in [2.75, 3.05) is 12.9 Å². The normalized spacial score (nSPS) is 19.4. The number of hydrogen-bond donors (Lipinski definition) is 1. The summed E-state index contributed by atoms with van der Waals surface area (Å²) in [4.78, 5) is 54.3. The number of carbonyl (C=O) groups is 3. The standard InChI is InChI=1S/C19H16N6O7S2/c1-31-22-14(12-9-34-23-21-12)16(26)20-15-17(27)24-13(6-7-33-18(15)24)19(28)32-8-10-2-4-11(5-3-10)25(29)30/h2-6,9,15,18H,7-8H2,1H3,(H,20,26)/t15?,18-/m1/s1. The van der Waals surface area contributed by atoms with Crippen LogP contribution in [-0.2, 0) is 30.6 Å². The minimum absolute atomic E-state index is 0.0751. The highest BCUT2D eigenvalue weighted by atomic mass is 32.2. The number of non-ortho nitro benzene ring substituents is 1. The smallest absolute Gasteiger partial charge is 0.355 e. The average molecular weight is 505 g/mol. The second-order valence-electron chi connectivity index (χ2n) is 6.88. The Morgan fingerprint density at radius 2 is 2.12 bits per heavy atom. The largest absolute Gasteiger partial charge is 0.456 e. The Morgan fingerprint density at radius 3 is 2.76 bits per heavy atom. The number of nitro groups is 1. The van der Waals surface area contributed by atoms with E-state index in [1.165, 1.54) is 53.4 Å². The number of β-lactam (4-membered cyclic amide) rings is 1. The van der Waals surface area contributed by atoms with Crippen molar-refractivity contribution in [3.63, 3.8) is 0 Å². The molecule has 1 fully saturated rings. The summed E-state index contributed by atoms with van der Waals surface area (Å²) < 4.78 is 8.98. The molecule has 0 spiro atoms. The molecule has 176 valence electrons. The Morgan fingerprint density at radius 1 is 1.35 bits per heavy atom. The maximum Gasteiger partial charge on any atom is 0.355 e. The highest BCUT2D eigenvalue weighted by Crippen LogP contribution is 2.38.